The summed E-state index contributed by atoms with van der Waals surface area (Å²) in [5.41, 5.74) is -1.06. The van der Waals surface area contributed by atoms with Crippen molar-refractivity contribution in [2.24, 2.45) is 0 Å². The average molecular weight is 417 g/mol. The maximum absolute atomic E-state index is 12.9. The topological polar surface area (TPSA) is 143 Å². The van der Waals surface area contributed by atoms with Crippen LogP contribution in [-0.2, 0) is 0 Å². The molecule has 0 unspecified atom stereocenters. The third-order valence-electron chi connectivity index (χ3n) is 4.36. The summed E-state index contributed by atoms with van der Waals surface area (Å²) < 4.78 is 6.02. The number of aromatic nitrogens is 2. The van der Waals surface area contributed by atoms with E-state index < -0.39 is 28.8 Å². The zero-order valence-electron chi connectivity index (χ0n) is 16.1. The fourth-order valence-electron chi connectivity index (χ4n) is 2.85. The van der Waals surface area contributed by atoms with E-state index in [1.165, 1.54) is 49.6 Å². The Bertz CT molecular complexity index is 1300. The van der Waals surface area contributed by atoms with Gasteiger partial charge in [-0.05, 0) is 29.8 Å². The van der Waals surface area contributed by atoms with E-state index in [2.05, 4.69) is 5.10 Å². The van der Waals surface area contributed by atoms with E-state index in [4.69, 9.17) is 9.84 Å². The van der Waals surface area contributed by atoms with Gasteiger partial charge in [-0.2, -0.15) is 15.0 Å². The molecule has 31 heavy (non-hydrogen) atoms. The second-order valence-electron chi connectivity index (χ2n) is 6.20. The minimum atomic E-state index is -1.43. The van der Waals surface area contributed by atoms with Crippen molar-refractivity contribution < 1.29 is 24.5 Å². The number of nitriles is 1. The van der Waals surface area contributed by atoms with E-state index in [1.54, 1.807) is 24.3 Å². The van der Waals surface area contributed by atoms with Gasteiger partial charge in [-0.1, -0.05) is 36.4 Å². The van der Waals surface area contributed by atoms with Crippen LogP contribution in [0.1, 0.15) is 37.5 Å². The molecule has 154 valence electrons. The molecule has 3 aromatic rings. The highest BCUT2D eigenvalue weighted by molar-refractivity contribution is 5.93. The molecule has 1 heterocycles. The molecule has 0 spiro atoms. The molecular formula is C22H15N3O6. The predicted molar refractivity (Wildman–Crippen MR) is 110 cm³/mol. The highest BCUT2D eigenvalue weighted by Crippen LogP contribution is 2.22. The number of hydrogen-bond acceptors (Lipinski definition) is 6. The van der Waals surface area contributed by atoms with Gasteiger partial charge in [-0.15, -0.1) is 0 Å². The summed E-state index contributed by atoms with van der Waals surface area (Å²) >= 11 is 0. The fourth-order valence-corrected chi connectivity index (χ4v) is 2.85. The van der Waals surface area contributed by atoms with Crippen LogP contribution in [0.5, 0.6) is 5.75 Å². The van der Waals surface area contributed by atoms with Gasteiger partial charge in [0.25, 0.3) is 5.56 Å². The number of hydrogen-bond donors (Lipinski definition) is 2. The number of para-hydroxylation sites is 2. The van der Waals surface area contributed by atoms with Crippen molar-refractivity contribution in [1.82, 2.24) is 9.78 Å². The van der Waals surface area contributed by atoms with Crippen LogP contribution in [0.15, 0.2) is 53.3 Å². The lowest BCUT2D eigenvalue weighted by Crippen LogP contribution is -2.28. The van der Waals surface area contributed by atoms with Gasteiger partial charge in [0.05, 0.1) is 12.7 Å². The zero-order chi connectivity index (χ0) is 22.5. The number of methoxy groups -OCH3 is 1. The van der Waals surface area contributed by atoms with Crippen molar-refractivity contribution in [2.75, 3.05) is 7.11 Å². The summed E-state index contributed by atoms with van der Waals surface area (Å²) in [5, 5.41) is 32.2. The second kappa shape index (κ2) is 8.75. The van der Waals surface area contributed by atoms with Gasteiger partial charge in [-0.25, -0.2) is 9.59 Å². The van der Waals surface area contributed by atoms with Crippen molar-refractivity contribution in [3.05, 3.63) is 86.8 Å². The Morgan fingerprint density at radius 1 is 1.06 bits per heavy atom. The Hall–Kier alpha value is -4.71. The van der Waals surface area contributed by atoms with Crippen LogP contribution in [0.3, 0.4) is 0 Å². The first-order valence-corrected chi connectivity index (χ1v) is 8.83. The molecule has 0 amide bonds. The van der Waals surface area contributed by atoms with E-state index in [0.717, 1.165) is 4.68 Å². The van der Waals surface area contributed by atoms with Gasteiger partial charge in [-0.3, -0.25) is 4.79 Å². The van der Waals surface area contributed by atoms with Gasteiger partial charge in [0, 0.05) is 5.56 Å². The number of rotatable bonds is 6. The predicted octanol–water partition coefficient (Wildman–Crippen LogP) is 2.68. The normalized spacial score (nSPS) is 10.6. The van der Waals surface area contributed by atoms with Crippen LogP contribution >= 0.6 is 0 Å². The van der Waals surface area contributed by atoms with Crippen molar-refractivity contribution >= 4 is 24.1 Å². The van der Waals surface area contributed by atoms with Crippen LogP contribution in [0.4, 0.5) is 0 Å². The lowest BCUT2D eigenvalue weighted by atomic mass is 10.1. The van der Waals surface area contributed by atoms with Crippen LogP contribution < -0.4 is 10.3 Å². The molecule has 2 aromatic carbocycles. The summed E-state index contributed by atoms with van der Waals surface area (Å²) in [4.78, 5) is 35.7. The van der Waals surface area contributed by atoms with Crippen molar-refractivity contribution in [3.63, 3.8) is 0 Å². The molecule has 0 aliphatic rings. The molecule has 1 aromatic heterocycles. The highest BCUT2D eigenvalue weighted by Gasteiger charge is 2.22. The maximum atomic E-state index is 12.9. The molecular weight excluding hydrogens is 402 g/mol. The quantitative estimate of drug-likeness (QED) is 0.623. The van der Waals surface area contributed by atoms with Crippen molar-refractivity contribution in [2.45, 2.75) is 0 Å². The van der Waals surface area contributed by atoms with Crippen molar-refractivity contribution in [1.29, 1.82) is 5.26 Å². The van der Waals surface area contributed by atoms with Gasteiger partial charge in [0.1, 0.15) is 23.1 Å². The number of benzene rings is 2. The molecule has 0 atom stereocenters. The first-order valence-electron chi connectivity index (χ1n) is 8.83. The Morgan fingerprint density at radius 3 is 2.32 bits per heavy atom. The first-order chi connectivity index (χ1) is 14.9. The Kier molecular flexibility index (Phi) is 5.93. The maximum Gasteiger partial charge on any atom is 0.357 e. The van der Waals surface area contributed by atoms with E-state index in [9.17, 15) is 24.8 Å². The number of nitrogens with zero attached hydrogens (tertiary/aromatic N) is 3. The van der Waals surface area contributed by atoms with E-state index >= 15 is 0 Å². The number of ether oxygens (including phenoxy) is 1. The van der Waals surface area contributed by atoms with Gasteiger partial charge in [0.2, 0.25) is 0 Å². The summed E-state index contributed by atoms with van der Waals surface area (Å²) in [6.45, 7) is 0. The highest BCUT2D eigenvalue weighted by atomic mass is 16.5. The van der Waals surface area contributed by atoms with Gasteiger partial charge < -0.3 is 14.9 Å². The average Bonchev–Trinajstić information content (AvgIpc) is 2.77. The fraction of sp³-hybridized carbons (Fsp3) is 0.0455. The second-order valence-corrected chi connectivity index (χ2v) is 6.20. The molecule has 2 N–H and O–H groups in total. The van der Waals surface area contributed by atoms with E-state index in [1.807, 2.05) is 0 Å². The monoisotopic (exact) mass is 417 g/mol. The molecule has 0 saturated heterocycles. The number of carboxylic acid groups (broad SMARTS) is 2. The largest absolute Gasteiger partial charge is 0.494 e. The van der Waals surface area contributed by atoms with E-state index in [-0.39, 0.29) is 22.6 Å². The SMILES string of the molecule is COc1ccccc1-n1nc(C(=O)O)c(/C=C\c2ccc(C(=O)O)cc2)c(C#N)c1=O. The Labute approximate surface area is 175 Å². The number of carboxylic acids is 2. The standard InChI is InChI=1S/C22H15N3O6/c1-31-18-5-3-2-4-17(18)25-20(26)16(12-23)15(19(24-25)22(29)30)11-8-13-6-9-14(10-7-13)21(27)28/h2-11H,1H3,(H,27,28)(H,29,30)/b11-8-. The summed E-state index contributed by atoms with van der Waals surface area (Å²) in [6.07, 6.45) is 2.75. The zero-order valence-corrected chi connectivity index (χ0v) is 16.1. The Morgan fingerprint density at radius 2 is 1.74 bits per heavy atom. The summed E-state index contributed by atoms with van der Waals surface area (Å²) in [5.74, 6) is -2.24. The van der Waals surface area contributed by atoms with Crippen LogP contribution in [-0.4, -0.2) is 39.0 Å². The van der Waals surface area contributed by atoms with Crippen molar-refractivity contribution in [3.8, 4) is 17.5 Å². The minimum Gasteiger partial charge on any atom is -0.494 e. The third-order valence-corrected chi connectivity index (χ3v) is 4.36. The molecule has 0 saturated carbocycles. The van der Waals surface area contributed by atoms with Crippen LogP contribution in [0, 0.1) is 11.3 Å². The van der Waals surface area contributed by atoms with Gasteiger partial charge in [0.15, 0.2) is 5.69 Å². The Balaban J connectivity index is 2.18. The molecule has 0 radical (unpaired) electrons. The van der Waals surface area contributed by atoms with Gasteiger partial charge >= 0.3 is 11.9 Å². The number of carbonyl (C=O) groups is 2. The minimum absolute atomic E-state index is 0.0853. The lowest BCUT2D eigenvalue weighted by Gasteiger charge is -2.12. The van der Waals surface area contributed by atoms with Crippen LogP contribution in [0.2, 0.25) is 0 Å². The summed E-state index contributed by atoms with van der Waals surface area (Å²) in [6, 6.07) is 13.9. The molecule has 0 aliphatic carbocycles. The smallest absolute Gasteiger partial charge is 0.357 e. The molecule has 3 rings (SSSR count). The first kappa shape index (κ1) is 21.0. The molecule has 9 heteroatoms. The molecule has 0 aliphatic heterocycles. The third kappa shape index (κ3) is 4.18. The molecule has 0 bridgehead atoms. The van der Waals surface area contributed by atoms with Crippen LogP contribution in [0.25, 0.3) is 17.8 Å². The number of aromatic carboxylic acids is 2. The molecule has 9 nitrogen and oxygen atoms in total. The lowest BCUT2D eigenvalue weighted by molar-refractivity contribution is 0.0680. The molecule has 0 fully saturated rings. The van der Waals surface area contributed by atoms with E-state index in [0.29, 0.717) is 5.56 Å². The summed E-state index contributed by atoms with van der Waals surface area (Å²) in [7, 11) is 1.39.